The summed E-state index contributed by atoms with van der Waals surface area (Å²) in [6.07, 6.45) is 3.25. The molecule has 0 spiro atoms. The first-order valence-electron chi connectivity index (χ1n) is 10.1. The first-order valence-corrected chi connectivity index (χ1v) is 12.0. The zero-order valence-corrected chi connectivity index (χ0v) is 18.1. The third kappa shape index (κ3) is 7.15. The van der Waals surface area contributed by atoms with Crippen LogP contribution in [0.1, 0.15) is 36.4 Å². The van der Waals surface area contributed by atoms with Gasteiger partial charge in [-0.3, -0.25) is 9.59 Å². The highest BCUT2D eigenvalue weighted by molar-refractivity contribution is 7.88. The molecule has 1 heterocycles. The van der Waals surface area contributed by atoms with E-state index in [0.29, 0.717) is 17.7 Å². The summed E-state index contributed by atoms with van der Waals surface area (Å²) < 4.78 is 39.0. The fourth-order valence-electron chi connectivity index (χ4n) is 3.54. The van der Waals surface area contributed by atoms with E-state index in [1.54, 1.807) is 24.3 Å². The van der Waals surface area contributed by atoms with Crippen LogP contribution < -0.4 is 10.0 Å². The summed E-state index contributed by atoms with van der Waals surface area (Å²) in [5.41, 5.74) is 1.88. The Bertz CT molecular complexity index is 1020. The van der Waals surface area contributed by atoms with Gasteiger partial charge in [-0.15, -0.1) is 0 Å². The highest BCUT2D eigenvalue weighted by Gasteiger charge is 2.21. The minimum Gasteiger partial charge on any atom is -0.342 e. The second kappa shape index (κ2) is 10.0. The molecule has 3 rings (SSSR count). The maximum Gasteiger partial charge on any atom is 0.226 e. The summed E-state index contributed by atoms with van der Waals surface area (Å²) in [6.45, 7) is 1.62. The zero-order chi connectivity index (χ0) is 22.4. The molecule has 2 aromatic rings. The van der Waals surface area contributed by atoms with E-state index in [1.807, 2.05) is 4.90 Å². The van der Waals surface area contributed by atoms with E-state index in [9.17, 15) is 22.4 Å². The number of hydrogen-bond acceptors (Lipinski definition) is 4. The molecular formula is C22H26FN3O4S. The molecule has 9 heteroatoms. The highest BCUT2D eigenvalue weighted by atomic mass is 32.2. The maximum atomic E-state index is 13.2. The molecule has 2 N–H and O–H groups in total. The Hall–Kier alpha value is -2.78. The third-order valence-corrected chi connectivity index (χ3v) is 5.78. The van der Waals surface area contributed by atoms with Crippen molar-refractivity contribution in [2.24, 2.45) is 0 Å². The molecule has 1 aliphatic heterocycles. The van der Waals surface area contributed by atoms with Crippen LogP contribution in [0.25, 0.3) is 0 Å². The second-order valence-electron chi connectivity index (χ2n) is 7.71. The molecule has 1 saturated heterocycles. The van der Waals surface area contributed by atoms with Crippen LogP contribution in [-0.2, 0) is 26.0 Å². The summed E-state index contributed by atoms with van der Waals surface area (Å²) in [5, 5.41) is 2.73. The number of anilines is 1. The predicted octanol–water partition coefficient (Wildman–Crippen LogP) is 2.61. The van der Waals surface area contributed by atoms with Gasteiger partial charge in [0.05, 0.1) is 18.7 Å². The Morgan fingerprint density at radius 1 is 1.03 bits per heavy atom. The lowest BCUT2D eigenvalue weighted by Crippen LogP contribution is -2.30. The van der Waals surface area contributed by atoms with E-state index in [4.69, 9.17) is 0 Å². The van der Waals surface area contributed by atoms with Crippen molar-refractivity contribution < 1.29 is 22.4 Å². The standard InChI is InChI=1S/C22H26FN3O4S/c1-31(29,30)25-20(17-6-8-18(23)9-7-17)15-21(27)24-19-10-4-16(5-11-19)14-22(28)26-12-2-3-13-26/h4-11,20,25H,2-3,12-15H2,1H3,(H,24,27)/t20-/m1/s1. The van der Waals surface area contributed by atoms with Crippen LogP contribution in [0.15, 0.2) is 48.5 Å². The van der Waals surface area contributed by atoms with Gasteiger partial charge in [-0.25, -0.2) is 17.5 Å². The minimum atomic E-state index is -3.58. The molecule has 0 saturated carbocycles. The minimum absolute atomic E-state index is 0.100. The predicted molar refractivity (Wildman–Crippen MR) is 116 cm³/mol. The monoisotopic (exact) mass is 447 g/mol. The summed E-state index contributed by atoms with van der Waals surface area (Å²) >= 11 is 0. The van der Waals surface area contributed by atoms with Crippen LogP contribution in [-0.4, -0.2) is 44.5 Å². The number of nitrogens with zero attached hydrogens (tertiary/aromatic N) is 1. The summed E-state index contributed by atoms with van der Waals surface area (Å²) in [5.74, 6) is -0.746. The van der Waals surface area contributed by atoms with Gasteiger partial charge in [-0.2, -0.15) is 0 Å². The van der Waals surface area contributed by atoms with Gasteiger partial charge in [0, 0.05) is 25.2 Å². The van der Waals surface area contributed by atoms with Gasteiger partial charge in [0.25, 0.3) is 0 Å². The maximum absolute atomic E-state index is 13.2. The SMILES string of the molecule is CS(=O)(=O)N[C@H](CC(=O)Nc1ccc(CC(=O)N2CCCC2)cc1)c1ccc(F)cc1. The van der Waals surface area contributed by atoms with Crippen LogP contribution >= 0.6 is 0 Å². The quantitative estimate of drug-likeness (QED) is 0.650. The normalized spacial score (nSPS) is 15.0. The molecule has 7 nitrogen and oxygen atoms in total. The first kappa shape index (κ1) is 22.9. The molecule has 2 aromatic carbocycles. The van der Waals surface area contributed by atoms with E-state index >= 15 is 0 Å². The number of likely N-dealkylation sites (tertiary alicyclic amines) is 1. The van der Waals surface area contributed by atoms with E-state index in [1.165, 1.54) is 24.3 Å². The van der Waals surface area contributed by atoms with E-state index in [0.717, 1.165) is 37.8 Å². The Kier molecular flexibility index (Phi) is 7.40. The van der Waals surface area contributed by atoms with Crippen molar-refractivity contribution >= 4 is 27.5 Å². The summed E-state index contributed by atoms with van der Waals surface area (Å²) in [6, 6.07) is 11.5. The zero-order valence-electron chi connectivity index (χ0n) is 17.3. The van der Waals surface area contributed by atoms with Crippen LogP contribution in [0.3, 0.4) is 0 Å². The van der Waals surface area contributed by atoms with E-state index in [-0.39, 0.29) is 12.3 Å². The van der Waals surface area contributed by atoms with Gasteiger partial charge in [0.2, 0.25) is 21.8 Å². The van der Waals surface area contributed by atoms with Gasteiger partial charge in [-0.1, -0.05) is 24.3 Å². The van der Waals surface area contributed by atoms with Gasteiger partial charge in [0.1, 0.15) is 5.82 Å². The lowest BCUT2D eigenvalue weighted by Gasteiger charge is -2.18. The van der Waals surface area contributed by atoms with Crippen molar-refractivity contribution in [2.45, 2.75) is 31.7 Å². The number of benzene rings is 2. The number of rotatable bonds is 8. The summed E-state index contributed by atoms with van der Waals surface area (Å²) in [4.78, 5) is 26.6. The molecule has 1 fully saturated rings. The van der Waals surface area contributed by atoms with Crippen LogP contribution in [0.2, 0.25) is 0 Å². The average Bonchev–Trinajstić information content (AvgIpc) is 3.23. The number of sulfonamides is 1. The Labute approximate surface area is 181 Å². The number of carbonyl (C=O) groups excluding carboxylic acids is 2. The van der Waals surface area contributed by atoms with Crippen molar-refractivity contribution in [3.8, 4) is 0 Å². The average molecular weight is 448 g/mol. The number of carbonyl (C=O) groups is 2. The van der Waals surface area contributed by atoms with Gasteiger partial charge >= 0.3 is 0 Å². The second-order valence-corrected chi connectivity index (χ2v) is 9.49. The number of amides is 2. The molecule has 2 amide bonds. The van der Waals surface area contributed by atoms with Gasteiger partial charge in [-0.05, 0) is 48.2 Å². The van der Waals surface area contributed by atoms with Crippen molar-refractivity contribution in [3.05, 3.63) is 65.5 Å². The fraction of sp³-hybridized carbons (Fsp3) is 0.364. The lowest BCUT2D eigenvalue weighted by atomic mass is 10.0. The molecular weight excluding hydrogens is 421 g/mol. The van der Waals surface area contributed by atoms with Crippen LogP contribution in [0, 0.1) is 5.82 Å². The Morgan fingerprint density at radius 2 is 1.65 bits per heavy atom. The summed E-state index contributed by atoms with van der Waals surface area (Å²) in [7, 11) is -3.58. The van der Waals surface area contributed by atoms with E-state index < -0.39 is 27.8 Å². The molecule has 1 atom stereocenters. The highest BCUT2D eigenvalue weighted by Crippen LogP contribution is 2.20. The van der Waals surface area contributed by atoms with Gasteiger partial charge < -0.3 is 10.2 Å². The van der Waals surface area contributed by atoms with Gasteiger partial charge in [0.15, 0.2) is 0 Å². The molecule has 0 unspecified atom stereocenters. The van der Waals surface area contributed by atoms with Crippen LogP contribution in [0.5, 0.6) is 0 Å². The molecule has 0 aliphatic carbocycles. The van der Waals surface area contributed by atoms with E-state index in [2.05, 4.69) is 10.0 Å². The molecule has 1 aliphatic rings. The smallest absolute Gasteiger partial charge is 0.226 e. The molecule has 31 heavy (non-hydrogen) atoms. The Balaban J connectivity index is 1.60. The van der Waals surface area contributed by atoms with Crippen LogP contribution in [0.4, 0.5) is 10.1 Å². The van der Waals surface area contributed by atoms with Crippen molar-refractivity contribution in [3.63, 3.8) is 0 Å². The number of hydrogen-bond donors (Lipinski definition) is 2. The number of nitrogens with one attached hydrogen (secondary N) is 2. The third-order valence-electron chi connectivity index (χ3n) is 5.07. The van der Waals surface area contributed by atoms with Crippen molar-refractivity contribution in [1.82, 2.24) is 9.62 Å². The topological polar surface area (TPSA) is 95.6 Å². The molecule has 166 valence electrons. The first-order chi connectivity index (χ1) is 14.7. The number of halogens is 1. The molecule has 0 radical (unpaired) electrons. The van der Waals surface area contributed by atoms with Crippen molar-refractivity contribution in [1.29, 1.82) is 0 Å². The fourth-order valence-corrected chi connectivity index (χ4v) is 4.27. The lowest BCUT2D eigenvalue weighted by molar-refractivity contribution is -0.129. The largest absolute Gasteiger partial charge is 0.342 e. The van der Waals surface area contributed by atoms with Crippen molar-refractivity contribution in [2.75, 3.05) is 24.7 Å². The Morgan fingerprint density at radius 3 is 2.23 bits per heavy atom. The molecule has 0 aromatic heterocycles. The molecule has 0 bridgehead atoms.